The van der Waals surface area contributed by atoms with Gasteiger partial charge in [-0.3, -0.25) is 9.71 Å². The standard InChI is InChI=1S/C19H21F3N2O3S/c1-28(25,26)24-16-3-2-10-23-17(16)11-27-13-6-4-12(5-7-13)18-14(20)8-9-15(21)19(18)22/h2-3,8-10,12-13,24H,4-7,11H2,1H3/t12-,13+. The first-order valence-electron chi connectivity index (χ1n) is 8.91. The first kappa shape index (κ1) is 20.6. The highest BCUT2D eigenvalue weighted by molar-refractivity contribution is 7.92. The number of rotatable bonds is 6. The Balaban J connectivity index is 1.60. The minimum atomic E-state index is -3.44. The number of ether oxygens (including phenoxy) is 1. The van der Waals surface area contributed by atoms with Crippen molar-refractivity contribution in [2.45, 2.75) is 44.3 Å². The highest BCUT2D eigenvalue weighted by atomic mass is 32.2. The molecule has 1 aliphatic carbocycles. The van der Waals surface area contributed by atoms with Crippen molar-refractivity contribution >= 4 is 15.7 Å². The van der Waals surface area contributed by atoms with Crippen LogP contribution in [0.4, 0.5) is 18.9 Å². The number of pyridine rings is 1. The fourth-order valence-electron chi connectivity index (χ4n) is 3.48. The number of halogens is 3. The maximum absolute atomic E-state index is 14.0. The third-order valence-corrected chi connectivity index (χ3v) is 5.39. The van der Waals surface area contributed by atoms with E-state index in [9.17, 15) is 21.6 Å². The topological polar surface area (TPSA) is 68.3 Å². The third kappa shape index (κ3) is 5.02. The summed E-state index contributed by atoms with van der Waals surface area (Å²) < 4.78 is 72.5. The van der Waals surface area contributed by atoms with Crippen LogP contribution < -0.4 is 4.72 Å². The monoisotopic (exact) mass is 414 g/mol. The van der Waals surface area contributed by atoms with Crippen molar-refractivity contribution in [1.29, 1.82) is 0 Å². The van der Waals surface area contributed by atoms with Gasteiger partial charge >= 0.3 is 0 Å². The second-order valence-corrected chi connectivity index (χ2v) is 8.66. The summed E-state index contributed by atoms with van der Waals surface area (Å²) >= 11 is 0. The van der Waals surface area contributed by atoms with E-state index in [4.69, 9.17) is 4.74 Å². The number of hydrogen-bond acceptors (Lipinski definition) is 4. The van der Waals surface area contributed by atoms with Gasteiger partial charge in [0.05, 0.1) is 30.3 Å². The normalized spacial score (nSPS) is 20.1. The molecule has 1 aromatic heterocycles. The van der Waals surface area contributed by atoms with Gasteiger partial charge in [-0.25, -0.2) is 21.6 Å². The Kier molecular flexibility index (Phi) is 6.24. The molecule has 0 amide bonds. The first-order valence-corrected chi connectivity index (χ1v) is 10.8. The third-order valence-electron chi connectivity index (χ3n) is 4.80. The molecule has 0 spiro atoms. The van der Waals surface area contributed by atoms with Gasteiger partial charge in [-0.2, -0.15) is 0 Å². The molecule has 0 bridgehead atoms. The number of benzene rings is 1. The van der Waals surface area contributed by atoms with E-state index in [0.29, 0.717) is 37.1 Å². The Morgan fingerprint density at radius 1 is 1.11 bits per heavy atom. The lowest BCUT2D eigenvalue weighted by Crippen LogP contribution is -2.22. The summed E-state index contributed by atoms with van der Waals surface area (Å²) in [4.78, 5) is 4.15. The van der Waals surface area contributed by atoms with Gasteiger partial charge in [-0.15, -0.1) is 0 Å². The average molecular weight is 414 g/mol. The van der Waals surface area contributed by atoms with Crippen molar-refractivity contribution in [3.05, 3.63) is 59.2 Å². The summed E-state index contributed by atoms with van der Waals surface area (Å²) in [5.74, 6) is -3.29. The van der Waals surface area contributed by atoms with E-state index in [1.807, 2.05) is 0 Å². The zero-order valence-corrected chi connectivity index (χ0v) is 16.1. The molecular formula is C19H21F3N2O3S. The average Bonchev–Trinajstić information content (AvgIpc) is 2.64. The van der Waals surface area contributed by atoms with Crippen LogP contribution in [0.3, 0.4) is 0 Å². The van der Waals surface area contributed by atoms with Crippen molar-refractivity contribution in [3.8, 4) is 0 Å². The Morgan fingerprint density at radius 2 is 1.79 bits per heavy atom. The van der Waals surface area contributed by atoms with Crippen molar-refractivity contribution in [2.75, 3.05) is 11.0 Å². The molecule has 1 fully saturated rings. The number of hydrogen-bond donors (Lipinski definition) is 1. The van der Waals surface area contributed by atoms with Crippen LogP contribution in [0.1, 0.15) is 42.9 Å². The molecule has 0 aliphatic heterocycles. The predicted molar refractivity (Wildman–Crippen MR) is 98.8 cm³/mol. The van der Waals surface area contributed by atoms with E-state index in [-0.39, 0.29) is 18.3 Å². The minimum Gasteiger partial charge on any atom is -0.372 e. The van der Waals surface area contributed by atoms with Crippen LogP contribution in [0.2, 0.25) is 0 Å². The van der Waals surface area contributed by atoms with Crippen molar-refractivity contribution in [3.63, 3.8) is 0 Å². The minimum absolute atomic E-state index is 0.108. The fourth-order valence-corrected chi connectivity index (χ4v) is 4.06. The second-order valence-electron chi connectivity index (χ2n) is 6.91. The smallest absolute Gasteiger partial charge is 0.229 e. The van der Waals surface area contributed by atoms with Crippen LogP contribution in [0.15, 0.2) is 30.5 Å². The molecular weight excluding hydrogens is 393 g/mol. The van der Waals surface area contributed by atoms with Gasteiger partial charge in [-0.1, -0.05) is 0 Å². The Morgan fingerprint density at radius 3 is 2.46 bits per heavy atom. The molecule has 0 atom stereocenters. The highest BCUT2D eigenvalue weighted by Crippen LogP contribution is 2.37. The first-order chi connectivity index (χ1) is 13.2. The van der Waals surface area contributed by atoms with Gasteiger partial charge in [-0.05, 0) is 55.9 Å². The molecule has 1 aliphatic rings. The summed E-state index contributed by atoms with van der Waals surface area (Å²) in [6.45, 7) is 0.108. The molecule has 9 heteroatoms. The van der Waals surface area contributed by atoms with E-state index in [0.717, 1.165) is 18.4 Å². The number of sulfonamides is 1. The SMILES string of the molecule is CS(=O)(=O)Nc1cccnc1CO[C@H]1CC[C@@H](c2c(F)ccc(F)c2F)CC1. The summed E-state index contributed by atoms with van der Waals surface area (Å²) in [5, 5.41) is 0. The summed E-state index contributed by atoms with van der Waals surface area (Å²) in [6.07, 6.45) is 4.50. The maximum Gasteiger partial charge on any atom is 0.229 e. The van der Waals surface area contributed by atoms with E-state index < -0.39 is 33.4 Å². The van der Waals surface area contributed by atoms with Gasteiger partial charge in [0.1, 0.15) is 5.82 Å². The van der Waals surface area contributed by atoms with Gasteiger partial charge in [0.2, 0.25) is 10.0 Å². The number of anilines is 1. The quantitative estimate of drug-likeness (QED) is 0.723. The van der Waals surface area contributed by atoms with Gasteiger partial charge < -0.3 is 4.74 Å². The highest BCUT2D eigenvalue weighted by Gasteiger charge is 2.28. The summed E-state index contributed by atoms with van der Waals surface area (Å²) in [7, 11) is -3.44. The summed E-state index contributed by atoms with van der Waals surface area (Å²) in [6, 6.07) is 4.95. The number of aromatic nitrogens is 1. The van der Waals surface area contributed by atoms with Crippen LogP contribution in [0.25, 0.3) is 0 Å². The molecule has 1 saturated carbocycles. The van der Waals surface area contributed by atoms with E-state index in [1.54, 1.807) is 18.3 Å². The molecule has 1 heterocycles. The van der Waals surface area contributed by atoms with Crippen LogP contribution in [-0.2, 0) is 21.4 Å². The lowest BCUT2D eigenvalue weighted by Gasteiger charge is -2.29. The summed E-state index contributed by atoms with van der Waals surface area (Å²) in [5.41, 5.74) is 0.614. The Hall–Kier alpha value is -2.13. The molecule has 0 radical (unpaired) electrons. The molecule has 1 aromatic carbocycles. The fraction of sp³-hybridized carbons (Fsp3) is 0.421. The molecule has 2 aromatic rings. The largest absolute Gasteiger partial charge is 0.372 e. The van der Waals surface area contributed by atoms with Gasteiger partial charge in [0.25, 0.3) is 0 Å². The van der Waals surface area contributed by atoms with E-state index >= 15 is 0 Å². The molecule has 0 saturated heterocycles. The molecule has 3 rings (SSSR count). The lowest BCUT2D eigenvalue weighted by atomic mass is 9.82. The van der Waals surface area contributed by atoms with Crippen molar-refractivity contribution < 1.29 is 26.3 Å². The van der Waals surface area contributed by atoms with Crippen LogP contribution >= 0.6 is 0 Å². The van der Waals surface area contributed by atoms with Crippen LogP contribution in [0, 0.1) is 17.5 Å². The van der Waals surface area contributed by atoms with Crippen molar-refractivity contribution in [2.24, 2.45) is 0 Å². The molecule has 0 unspecified atom stereocenters. The molecule has 5 nitrogen and oxygen atoms in total. The predicted octanol–water partition coefficient (Wildman–Crippen LogP) is 4.11. The zero-order chi connectivity index (χ0) is 20.3. The second kappa shape index (κ2) is 8.48. The maximum atomic E-state index is 14.0. The lowest BCUT2D eigenvalue weighted by molar-refractivity contribution is 0.0116. The molecule has 1 N–H and O–H groups in total. The van der Waals surface area contributed by atoms with E-state index in [1.165, 1.54) is 0 Å². The Bertz CT molecular complexity index is 945. The van der Waals surface area contributed by atoms with E-state index in [2.05, 4.69) is 9.71 Å². The van der Waals surface area contributed by atoms with Gasteiger partial charge in [0, 0.05) is 11.8 Å². The van der Waals surface area contributed by atoms with Crippen molar-refractivity contribution in [1.82, 2.24) is 4.98 Å². The van der Waals surface area contributed by atoms with Crippen LogP contribution in [0.5, 0.6) is 0 Å². The molecule has 152 valence electrons. The van der Waals surface area contributed by atoms with Crippen LogP contribution in [-0.4, -0.2) is 25.8 Å². The number of nitrogens with zero attached hydrogens (tertiary/aromatic N) is 1. The Labute approximate surface area is 162 Å². The zero-order valence-electron chi connectivity index (χ0n) is 15.3. The molecule has 28 heavy (non-hydrogen) atoms. The number of nitrogens with one attached hydrogen (secondary N) is 1. The van der Waals surface area contributed by atoms with Gasteiger partial charge in [0.15, 0.2) is 11.6 Å².